The Kier molecular flexibility index (Phi) is 5.11. The van der Waals surface area contributed by atoms with Crippen LogP contribution in [0.1, 0.15) is 35.7 Å². The number of halogens is 6. The van der Waals surface area contributed by atoms with Gasteiger partial charge in [0.2, 0.25) is 0 Å². The molecule has 160 valence electrons. The summed E-state index contributed by atoms with van der Waals surface area (Å²) in [6, 6.07) is 11.0. The lowest BCUT2D eigenvalue weighted by atomic mass is 9.89. The lowest BCUT2D eigenvalue weighted by Crippen LogP contribution is -2.34. The van der Waals surface area contributed by atoms with Crippen molar-refractivity contribution in [2.75, 3.05) is 18.0 Å². The first kappa shape index (κ1) is 20.5. The van der Waals surface area contributed by atoms with Gasteiger partial charge in [0.15, 0.2) is 5.65 Å². The second-order valence-corrected chi connectivity index (χ2v) is 7.35. The van der Waals surface area contributed by atoms with Crippen molar-refractivity contribution in [3.63, 3.8) is 0 Å². The van der Waals surface area contributed by atoms with Crippen LogP contribution in [0.15, 0.2) is 42.6 Å². The summed E-state index contributed by atoms with van der Waals surface area (Å²) in [4.78, 5) is 1.63. The summed E-state index contributed by atoms with van der Waals surface area (Å²) in [6.07, 6.45) is -8.29. The topological polar surface area (TPSA) is 33.4 Å². The number of pyridine rings is 1. The molecule has 0 spiro atoms. The van der Waals surface area contributed by atoms with Crippen LogP contribution in [-0.2, 0) is 12.6 Å². The molecule has 0 bridgehead atoms. The van der Waals surface area contributed by atoms with Crippen molar-refractivity contribution >= 4 is 11.3 Å². The molecule has 0 N–H and O–H groups in total. The van der Waals surface area contributed by atoms with Gasteiger partial charge >= 0.3 is 12.4 Å². The maximum Gasteiger partial charge on any atom is 0.422 e. The van der Waals surface area contributed by atoms with E-state index in [2.05, 4.69) is 10.2 Å². The Hall–Kier alpha value is -2.78. The van der Waals surface area contributed by atoms with Crippen LogP contribution >= 0.6 is 0 Å². The lowest BCUT2D eigenvalue weighted by Gasteiger charge is -2.35. The molecule has 3 aromatic rings. The smallest absolute Gasteiger partial charge is 0.371 e. The van der Waals surface area contributed by atoms with Crippen molar-refractivity contribution in [2.45, 2.75) is 37.5 Å². The molecule has 4 nitrogen and oxygen atoms in total. The number of benzene rings is 1. The first-order chi connectivity index (χ1) is 14.1. The van der Waals surface area contributed by atoms with Crippen molar-refractivity contribution in [2.24, 2.45) is 0 Å². The molecular formula is C20H18F6N4. The molecule has 1 saturated heterocycles. The quantitative estimate of drug-likeness (QED) is 0.536. The minimum absolute atomic E-state index is 0.0764. The zero-order valence-electron chi connectivity index (χ0n) is 15.7. The van der Waals surface area contributed by atoms with Crippen LogP contribution in [0, 0.1) is 0 Å². The van der Waals surface area contributed by atoms with E-state index in [0.29, 0.717) is 25.9 Å². The van der Waals surface area contributed by atoms with Crippen LogP contribution in [-0.4, -0.2) is 33.9 Å². The number of anilines is 1. The Bertz CT molecular complexity index is 1020. The predicted octanol–water partition coefficient (Wildman–Crippen LogP) is 5.24. The van der Waals surface area contributed by atoms with E-state index in [1.807, 2.05) is 30.3 Å². The maximum atomic E-state index is 13.9. The molecule has 10 heteroatoms. The van der Waals surface area contributed by atoms with Gasteiger partial charge in [-0.3, -0.25) is 4.40 Å². The predicted molar refractivity (Wildman–Crippen MR) is 98.4 cm³/mol. The fourth-order valence-corrected chi connectivity index (χ4v) is 4.01. The molecule has 4 rings (SSSR count). The van der Waals surface area contributed by atoms with Crippen LogP contribution < -0.4 is 4.90 Å². The number of rotatable bonds is 3. The highest BCUT2D eigenvalue weighted by Crippen LogP contribution is 2.41. The molecule has 0 atom stereocenters. The second kappa shape index (κ2) is 7.48. The second-order valence-electron chi connectivity index (χ2n) is 7.35. The summed E-state index contributed by atoms with van der Waals surface area (Å²) in [7, 11) is 0. The van der Waals surface area contributed by atoms with Crippen LogP contribution in [0.3, 0.4) is 0 Å². The summed E-state index contributed by atoms with van der Waals surface area (Å²) in [5, 5.41) is 6.82. The van der Waals surface area contributed by atoms with Crippen LogP contribution in [0.5, 0.6) is 0 Å². The Balaban J connectivity index is 1.66. The van der Waals surface area contributed by atoms with Gasteiger partial charge in [0.1, 0.15) is 17.8 Å². The molecule has 1 aliphatic rings. The van der Waals surface area contributed by atoms with Crippen LogP contribution in [0.2, 0.25) is 0 Å². The van der Waals surface area contributed by atoms with E-state index in [0.717, 1.165) is 9.96 Å². The average molecular weight is 428 g/mol. The number of aromatic nitrogens is 3. The third kappa shape index (κ3) is 4.08. The molecule has 1 fully saturated rings. The summed E-state index contributed by atoms with van der Waals surface area (Å²) < 4.78 is 80.6. The molecule has 1 aromatic carbocycles. The van der Waals surface area contributed by atoms with Crippen LogP contribution in [0.4, 0.5) is 32.0 Å². The van der Waals surface area contributed by atoms with Gasteiger partial charge in [-0.25, -0.2) is 0 Å². The first-order valence-corrected chi connectivity index (χ1v) is 9.44. The Morgan fingerprint density at radius 3 is 2.17 bits per heavy atom. The highest BCUT2D eigenvalue weighted by molar-refractivity contribution is 5.67. The monoisotopic (exact) mass is 428 g/mol. The molecule has 2 aromatic heterocycles. The summed E-state index contributed by atoms with van der Waals surface area (Å²) in [6.45, 7) is 0.810. The van der Waals surface area contributed by atoms with Crippen molar-refractivity contribution in [1.29, 1.82) is 0 Å². The SMILES string of the molecule is FC(F)(F)Cc1nnc2c(C(F)(F)F)c(N3CCC(c4ccccc4)CC3)ccn12. The van der Waals surface area contributed by atoms with Gasteiger partial charge < -0.3 is 4.90 Å². The average Bonchev–Trinajstić information content (AvgIpc) is 3.08. The summed E-state index contributed by atoms with van der Waals surface area (Å²) in [5.41, 5.74) is -0.584. The summed E-state index contributed by atoms with van der Waals surface area (Å²) in [5.74, 6) is -0.315. The molecule has 0 unspecified atom stereocenters. The minimum Gasteiger partial charge on any atom is -0.371 e. The molecule has 0 amide bonds. The van der Waals surface area contributed by atoms with Crippen molar-refractivity contribution in [3.05, 3.63) is 59.5 Å². The van der Waals surface area contributed by atoms with E-state index in [-0.39, 0.29) is 11.6 Å². The first-order valence-electron chi connectivity index (χ1n) is 9.44. The third-order valence-electron chi connectivity index (χ3n) is 5.38. The fourth-order valence-electron chi connectivity index (χ4n) is 4.01. The normalized spacial score (nSPS) is 16.4. The van der Waals surface area contributed by atoms with Crippen molar-refractivity contribution in [1.82, 2.24) is 14.6 Å². The number of fused-ring (bicyclic) bond motifs is 1. The van der Waals surface area contributed by atoms with Gasteiger partial charge in [-0.15, -0.1) is 10.2 Å². The largest absolute Gasteiger partial charge is 0.422 e. The van der Waals surface area contributed by atoms with Gasteiger partial charge in [0.05, 0.1) is 5.69 Å². The van der Waals surface area contributed by atoms with E-state index in [9.17, 15) is 26.3 Å². The number of hydrogen-bond acceptors (Lipinski definition) is 3. The van der Waals surface area contributed by atoms with E-state index in [1.54, 1.807) is 4.90 Å². The van der Waals surface area contributed by atoms with Gasteiger partial charge in [-0.05, 0) is 30.4 Å². The number of nitrogens with zero attached hydrogens (tertiary/aromatic N) is 4. The van der Waals surface area contributed by atoms with E-state index < -0.39 is 35.8 Å². The molecule has 3 heterocycles. The fraction of sp³-hybridized carbons (Fsp3) is 0.400. The van der Waals surface area contributed by atoms with Gasteiger partial charge in [-0.2, -0.15) is 26.3 Å². The highest BCUT2D eigenvalue weighted by Gasteiger charge is 2.40. The van der Waals surface area contributed by atoms with Gasteiger partial charge in [-0.1, -0.05) is 30.3 Å². The zero-order chi connectivity index (χ0) is 21.5. The van der Waals surface area contributed by atoms with E-state index in [4.69, 9.17) is 0 Å². The molecule has 0 saturated carbocycles. The Labute approximate surface area is 168 Å². The maximum absolute atomic E-state index is 13.9. The Morgan fingerprint density at radius 1 is 0.900 bits per heavy atom. The number of alkyl halides is 6. The van der Waals surface area contributed by atoms with Gasteiger partial charge in [0.25, 0.3) is 0 Å². The summed E-state index contributed by atoms with van der Waals surface area (Å²) >= 11 is 0. The standard InChI is InChI=1S/C20H18F6N4/c21-19(22,23)12-16-27-28-18-17(20(24,25)26)15(8-11-30(16)18)29-9-6-14(7-10-29)13-4-2-1-3-5-13/h1-5,8,11,14H,6-7,9-10,12H2. The van der Waals surface area contributed by atoms with E-state index >= 15 is 0 Å². The molecular weight excluding hydrogens is 410 g/mol. The molecule has 1 aliphatic heterocycles. The minimum atomic E-state index is -4.78. The number of piperidine rings is 1. The van der Waals surface area contributed by atoms with Crippen molar-refractivity contribution in [3.8, 4) is 0 Å². The van der Waals surface area contributed by atoms with Crippen molar-refractivity contribution < 1.29 is 26.3 Å². The van der Waals surface area contributed by atoms with E-state index in [1.165, 1.54) is 12.3 Å². The van der Waals surface area contributed by atoms with Crippen LogP contribution in [0.25, 0.3) is 5.65 Å². The van der Waals surface area contributed by atoms with Gasteiger partial charge in [0, 0.05) is 19.3 Å². The number of hydrogen-bond donors (Lipinski definition) is 0. The zero-order valence-corrected chi connectivity index (χ0v) is 15.7. The molecule has 30 heavy (non-hydrogen) atoms. The highest BCUT2D eigenvalue weighted by atomic mass is 19.4. The molecule has 0 aliphatic carbocycles. The Morgan fingerprint density at radius 2 is 1.57 bits per heavy atom. The lowest BCUT2D eigenvalue weighted by molar-refractivity contribution is -0.136. The molecule has 0 radical (unpaired) electrons. The third-order valence-corrected chi connectivity index (χ3v) is 5.38.